The summed E-state index contributed by atoms with van der Waals surface area (Å²) < 4.78 is 0. The molecule has 0 bridgehead atoms. The van der Waals surface area contributed by atoms with Gasteiger partial charge in [0.25, 0.3) is 11.8 Å². The van der Waals surface area contributed by atoms with Crippen LogP contribution < -0.4 is 10.6 Å². The van der Waals surface area contributed by atoms with E-state index in [2.05, 4.69) is 22.5 Å². The molecule has 146 valence electrons. The van der Waals surface area contributed by atoms with Crippen molar-refractivity contribution in [3.8, 4) is 0 Å². The second kappa shape index (κ2) is 7.97. The smallest absolute Gasteiger partial charge is 0.256 e. The van der Waals surface area contributed by atoms with Crippen molar-refractivity contribution in [2.75, 3.05) is 25.0 Å². The minimum Gasteiger partial charge on any atom is -0.350 e. The van der Waals surface area contributed by atoms with E-state index < -0.39 is 0 Å². The van der Waals surface area contributed by atoms with Crippen molar-refractivity contribution in [1.82, 2.24) is 10.2 Å². The lowest BCUT2D eigenvalue weighted by atomic mass is 10.1. The third-order valence-corrected chi connectivity index (χ3v) is 6.88. The summed E-state index contributed by atoms with van der Waals surface area (Å²) in [6, 6.07) is 11.7. The quantitative estimate of drug-likeness (QED) is 0.824. The number of likely N-dealkylation sites (N-methyl/N-ethyl adjacent to an activating group) is 1. The zero-order chi connectivity index (χ0) is 19.7. The molecule has 0 aliphatic carbocycles. The molecule has 2 aromatic carbocycles. The van der Waals surface area contributed by atoms with Crippen molar-refractivity contribution in [1.29, 1.82) is 0 Å². The van der Waals surface area contributed by atoms with Gasteiger partial charge in [0.05, 0.1) is 11.3 Å². The number of amides is 2. The fourth-order valence-corrected chi connectivity index (χ4v) is 5.06. The largest absolute Gasteiger partial charge is 0.350 e. The van der Waals surface area contributed by atoms with E-state index in [1.807, 2.05) is 37.3 Å². The van der Waals surface area contributed by atoms with Crippen LogP contribution in [0.2, 0.25) is 0 Å². The number of likely N-dealkylation sites (tertiary alicyclic amines) is 1. The zero-order valence-electron chi connectivity index (χ0n) is 16.2. The van der Waals surface area contributed by atoms with Gasteiger partial charge < -0.3 is 10.6 Å². The topological polar surface area (TPSA) is 61.4 Å². The van der Waals surface area contributed by atoms with Crippen LogP contribution in [-0.4, -0.2) is 42.4 Å². The highest BCUT2D eigenvalue weighted by molar-refractivity contribution is 7.99. The lowest BCUT2D eigenvalue weighted by Crippen LogP contribution is -2.40. The molecule has 0 aromatic heterocycles. The number of aryl methyl sites for hydroxylation is 1. The minimum atomic E-state index is -0.132. The van der Waals surface area contributed by atoms with Crippen LogP contribution >= 0.6 is 11.8 Å². The molecule has 1 saturated heterocycles. The van der Waals surface area contributed by atoms with Crippen molar-refractivity contribution in [3.63, 3.8) is 0 Å². The van der Waals surface area contributed by atoms with Crippen LogP contribution in [0.4, 0.5) is 5.69 Å². The Morgan fingerprint density at radius 1 is 1.32 bits per heavy atom. The van der Waals surface area contributed by atoms with Gasteiger partial charge in [-0.05, 0) is 62.7 Å². The Morgan fingerprint density at radius 2 is 2.18 bits per heavy atom. The van der Waals surface area contributed by atoms with Crippen molar-refractivity contribution < 1.29 is 9.59 Å². The van der Waals surface area contributed by atoms with Gasteiger partial charge >= 0.3 is 0 Å². The first-order valence-electron chi connectivity index (χ1n) is 9.82. The van der Waals surface area contributed by atoms with Crippen molar-refractivity contribution >= 4 is 29.3 Å². The van der Waals surface area contributed by atoms with Gasteiger partial charge in [-0.15, -0.1) is 0 Å². The van der Waals surface area contributed by atoms with Gasteiger partial charge in [0.15, 0.2) is 0 Å². The van der Waals surface area contributed by atoms with Crippen LogP contribution in [0.3, 0.4) is 0 Å². The number of anilines is 1. The summed E-state index contributed by atoms with van der Waals surface area (Å²) in [6.07, 6.45) is 2.32. The highest BCUT2D eigenvalue weighted by Gasteiger charge is 2.24. The number of hydrogen-bond acceptors (Lipinski definition) is 4. The summed E-state index contributed by atoms with van der Waals surface area (Å²) in [5.41, 5.74) is 3.01. The first kappa shape index (κ1) is 19.0. The molecule has 4 rings (SSSR count). The Kier molecular flexibility index (Phi) is 5.42. The summed E-state index contributed by atoms with van der Waals surface area (Å²) in [5, 5.41) is 6.03. The van der Waals surface area contributed by atoms with E-state index >= 15 is 0 Å². The number of rotatable bonds is 4. The van der Waals surface area contributed by atoms with Gasteiger partial charge in [-0.2, -0.15) is 0 Å². The number of hydrogen-bond donors (Lipinski definition) is 2. The maximum absolute atomic E-state index is 12.7. The second-order valence-corrected chi connectivity index (χ2v) is 8.41. The predicted octanol–water partition coefficient (Wildman–Crippen LogP) is 3.93. The van der Waals surface area contributed by atoms with E-state index in [0.29, 0.717) is 29.4 Å². The first-order chi connectivity index (χ1) is 13.6. The van der Waals surface area contributed by atoms with Gasteiger partial charge in [-0.25, -0.2) is 0 Å². The number of carbonyl (C=O) groups excluding carboxylic acids is 2. The summed E-state index contributed by atoms with van der Waals surface area (Å²) in [4.78, 5) is 29.6. The lowest BCUT2D eigenvalue weighted by molar-refractivity contribution is 0.0940. The number of nitrogens with one attached hydrogen (secondary N) is 2. The van der Waals surface area contributed by atoms with E-state index in [-0.39, 0.29) is 11.8 Å². The minimum absolute atomic E-state index is 0.0945. The van der Waals surface area contributed by atoms with Crippen LogP contribution in [0, 0.1) is 6.92 Å². The Morgan fingerprint density at radius 3 is 3.00 bits per heavy atom. The van der Waals surface area contributed by atoms with Crippen LogP contribution in [0.1, 0.15) is 46.0 Å². The molecular weight excluding hydrogens is 370 g/mol. The molecule has 2 heterocycles. The second-order valence-electron chi connectivity index (χ2n) is 7.35. The van der Waals surface area contributed by atoms with Crippen LogP contribution in [0.15, 0.2) is 46.2 Å². The van der Waals surface area contributed by atoms with E-state index in [1.54, 1.807) is 17.8 Å². The molecular formula is C22H25N3O2S. The van der Waals surface area contributed by atoms with Crippen LogP contribution in [0.5, 0.6) is 0 Å². The van der Waals surface area contributed by atoms with Crippen LogP contribution in [-0.2, 0) is 0 Å². The summed E-state index contributed by atoms with van der Waals surface area (Å²) in [6.45, 7) is 6.96. The molecule has 2 amide bonds. The Balaban J connectivity index is 1.51. The van der Waals surface area contributed by atoms with Crippen LogP contribution in [0.25, 0.3) is 0 Å². The number of nitrogens with zero attached hydrogens (tertiary/aromatic N) is 1. The molecule has 2 N–H and O–H groups in total. The van der Waals surface area contributed by atoms with E-state index in [4.69, 9.17) is 0 Å². The zero-order valence-corrected chi connectivity index (χ0v) is 17.1. The molecule has 6 heteroatoms. The average Bonchev–Trinajstić information content (AvgIpc) is 3.10. The maximum Gasteiger partial charge on any atom is 0.256 e. The van der Waals surface area contributed by atoms with Crippen molar-refractivity contribution in [2.45, 2.75) is 42.5 Å². The molecule has 0 unspecified atom stereocenters. The summed E-state index contributed by atoms with van der Waals surface area (Å²) in [5.74, 6) is -0.227. The SMILES string of the molecule is CCN1CCC[C@@H]1CNC(=O)c1ccc2c(c1)NC(=O)c1cccc(C)c1S2. The number of benzene rings is 2. The van der Waals surface area contributed by atoms with E-state index in [0.717, 1.165) is 34.9 Å². The van der Waals surface area contributed by atoms with Crippen molar-refractivity contribution in [3.05, 3.63) is 53.1 Å². The molecule has 0 saturated carbocycles. The lowest BCUT2D eigenvalue weighted by Gasteiger charge is -2.23. The van der Waals surface area contributed by atoms with E-state index in [9.17, 15) is 9.59 Å². The monoisotopic (exact) mass is 395 g/mol. The molecule has 0 radical (unpaired) electrons. The van der Waals surface area contributed by atoms with E-state index in [1.165, 1.54) is 6.42 Å². The Bertz CT molecular complexity index is 928. The molecule has 0 spiro atoms. The van der Waals surface area contributed by atoms with Gasteiger partial charge in [-0.3, -0.25) is 14.5 Å². The molecule has 5 nitrogen and oxygen atoms in total. The molecule has 1 atom stereocenters. The van der Waals surface area contributed by atoms with Crippen molar-refractivity contribution in [2.24, 2.45) is 0 Å². The number of carbonyl (C=O) groups is 2. The Labute approximate surface area is 169 Å². The highest BCUT2D eigenvalue weighted by Crippen LogP contribution is 2.40. The molecule has 1 fully saturated rings. The highest BCUT2D eigenvalue weighted by atomic mass is 32.2. The van der Waals surface area contributed by atoms with Gasteiger partial charge in [0.1, 0.15) is 0 Å². The molecule has 28 heavy (non-hydrogen) atoms. The predicted molar refractivity (Wildman–Crippen MR) is 112 cm³/mol. The number of fused-ring (bicyclic) bond motifs is 2. The summed E-state index contributed by atoms with van der Waals surface area (Å²) in [7, 11) is 0. The Hall–Kier alpha value is -2.31. The normalized spacial score (nSPS) is 18.8. The standard InChI is InChI=1S/C22H25N3O2S/c1-3-25-11-5-7-16(25)13-23-21(26)15-9-10-19-18(12-15)24-22(27)17-8-4-6-14(2)20(17)28-19/h4,6,8-10,12,16H,3,5,7,11,13H2,1-2H3,(H,23,26)(H,24,27)/t16-/m1/s1. The first-order valence-corrected chi connectivity index (χ1v) is 10.6. The van der Waals surface area contributed by atoms with Gasteiger partial charge in [0.2, 0.25) is 0 Å². The molecule has 2 aromatic rings. The third-order valence-electron chi connectivity index (χ3n) is 5.56. The maximum atomic E-state index is 12.7. The van der Waals surface area contributed by atoms with Gasteiger partial charge in [0, 0.05) is 27.9 Å². The summed E-state index contributed by atoms with van der Waals surface area (Å²) >= 11 is 1.57. The fourth-order valence-electron chi connectivity index (χ4n) is 3.98. The average molecular weight is 396 g/mol. The van der Waals surface area contributed by atoms with Gasteiger partial charge in [-0.1, -0.05) is 30.8 Å². The fraction of sp³-hybridized carbons (Fsp3) is 0.364. The molecule has 2 aliphatic heterocycles. The molecule has 2 aliphatic rings. The third kappa shape index (κ3) is 3.66.